The van der Waals surface area contributed by atoms with Gasteiger partial charge in [0.2, 0.25) is 0 Å². The minimum atomic E-state index is -5.68. The van der Waals surface area contributed by atoms with Crippen LogP contribution in [0, 0.1) is 0 Å². The summed E-state index contributed by atoms with van der Waals surface area (Å²) >= 11 is 0. The van der Waals surface area contributed by atoms with Crippen molar-refractivity contribution in [1.29, 1.82) is 0 Å². The van der Waals surface area contributed by atoms with E-state index in [-0.39, 0.29) is 44.4 Å². The molecule has 0 aliphatic heterocycles. The van der Waals surface area contributed by atoms with Gasteiger partial charge in [-0.05, 0) is 0 Å². The van der Waals surface area contributed by atoms with Gasteiger partial charge < -0.3 is 38.5 Å². The fourth-order valence-corrected chi connectivity index (χ4v) is 1.10. The third kappa shape index (κ3) is 22.5. The smallest absolute Gasteiger partial charge is 0.790 e. The molecule has 0 aliphatic rings. The summed E-state index contributed by atoms with van der Waals surface area (Å²) in [5.74, 6) is 0. The molecule has 64 valence electrons. The van der Waals surface area contributed by atoms with E-state index < -0.39 is 15.6 Å². The summed E-state index contributed by atoms with van der Waals surface area (Å²) in [5.41, 5.74) is 0. The Hall–Kier alpha value is 1.47. The fraction of sp³-hybridized carbons (Fsp3) is 0. The van der Waals surface area contributed by atoms with Crippen LogP contribution < -0.4 is 19.6 Å². The molecule has 0 aromatic rings. The van der Waals surface area contributed by atoms with Crippen LogP contribution in [0.5, 0.6) is 0 Å². The van der Waals surface area contributed by atoms with E-state index in [1.807, 2.05) is 0 Å². The molecule has 0 atom stereocenters. The molecule has 2 N–H and O–H groups in total. The van der Waals surface area contributed by atoms with Gasteiger partial charge in [0.1, 0.15) is 0 Å². The SMILES string of the molecule is O.O=P([O-])([O-])OP(=O)([O-])[O-].[Zn+2].[Zn+2]. The standard InChI is InChI=1S/H4O7P2.H2O.2Zn/c1-8(2,3)7-9(4,5)6;;;/h(H2,1,2,3)(H2,4,5,6);1H2;;/q;;2*+2/p-4. The van der Waals surface area contributed by atoms with Crippen molar-refractivity contribution in [3.8, 4) is 0 Å². The summed E-state index contributed by atoms with van der Waals surface area (Å²) in [5, 5.41) is 0. The molecule has 12 heavy (non-hydrogen) atoms. The van der Waals surface area contributed by atoms with E-state index in [4.69, 9.17) is 0 Å². The molecular weight excluding hydrogens is 321 g/mol. The molecule has 0 heterocycles. The average Bonchev–Trinajstić information content (AvgIpc) is 1.14. The van der Waals surface area contributed by atoms with Crippen LogP contribution in [0.2, 0.25) is 0 Å². The zero-order valence-electron chi connectivity index (χ0n) is 5.67. The third-order valence-electron chi connectivity index (χ3n) is 0.200. The Kier molecular flexibility index (Phi) is 15.2. The summed E-state index contributed by atoms with van der Waals surface area (Å²) in [6, 6.07) is 0. The predicted octanol–water partition coefficient (Wildman–Crippen LogP) is -4.17. The molecule has 0 bridgehead atoms. The van der Waals surface area contributed by atoms with Crippen LogP contribution in [0.4, 0.5) is 0 Å². The minimum Gasteiger partial charge on any atom is -0.790 e. The van der Waals surface area contributed by atoms with E-state index in [1.165, 1.54) is 0 Å². The van der Waals surface area contributed by atoms with Crippen LogP contribution in [0.3, 0.4) is 0 Å². The molecule has 0 rings (SSSR count). The van der Waals surface area contributed by atoms with Crippen molar-refractivity contribution in [3.05, 3.63) is 0 Å². The summed E-state index contributed by atoms with van der Waals surface area (Å²) < 4.78 is 21.2. The monoisotopic (exact) mass is 320 g/mol. The van der Waals surface area contributed by atoms with Gasteiger partial charge >= 0.3 is 39.0 Å². The minimum absolute atomic E-state index is 0. The van der Waals surface area contributed by atoms with Crippen LogP contribution >= 0.6 is 15.6 Å². The normalized spacial score (nSPS) is 10.3. The number of rotatable bonds is 2. The second-order valence-electron chi connectivity index (χ2n) is 0.976. The Morgan fingerprint density at radius 3 is 1.00 bits per heavy atom. The molecule has 0 aromatic heterocycles. The third-order valence-corrected chi connectivity index (χ3v) is 1.80. The molecule has 0 fully saturated rings. The molecule has 12 heteroatoms. The Morgan fingerprint density at radius 1 is 0.833 bits per heavy atom. The van der Waals surface area contributed by atoms with Crippen molar-refractivity contribution in [1.82, 2.24) is 0 Å². The zero-order valence-corrected chi connectivity index (χ0v) is 13.4. The van der Waals surface area contributed by atoms with Crippen molar-refractivity contribution >= 4 is 15.6 Å². The van der Waals surface area contributed by atoms with Gasteiger partial charge in [0.05, 0.1) is 15.6 Å². The fourth-order valence-electron chi connectivity index (χ4n) is 0.122. The van der Waals surface area contributed by atoms with E-state index in [9.17, 15) is 28.7 Å². The first-order valence-electron chi connectivity index (χ1n) is 1.46. The molecule has 0 saturated carbocycles. The molecule has 0 unspecified atom stereocenters. The largest absolute Gasteiger partial charge is 2.00 e. The van der Waals surface area contributed by atoms with E-state index in [0.29, 0.717) is 0 Å². The Morgan fingerprint density at radius 2 is 1.00 bits per heavy atom. The van der Waals surface area contributed by atoms with Crippen molar-refractivity contribution in [3.63, 3.8) is 0 Å². The Bertz CT molecular complexity index is 155. The Balaban J connectivity index is -0.000000107. The van der Waals surface area contributed by atoms with E-state index in [1.54, 1.807) is 0 Å². The predicted molar refractivity (Wildman–Crippen MR) is 19.9 cm³/mol. The quantitative estimate of drug-likeness (QED) is 0.367. The second-order valence-corrected chi connectivity index (χ2v) is 3.42. The van der Waals surface area contributed by atoms with Crippen LogP contribution in [-0.4, -0.2) is 5.48 Å². The molecule has 0 radical (unpaired) electrons. The molecule has 0 amide bonds. The molecule has 8 nitrogen and oxygen atoms in total. The summed E-state index contributed by atoms with van der Waals surface area (Å²) in [6.07, 6.45) is 0. The summed E-state index contributed by atoms with van der Waals surface area (Å²) in [4.78, 5) is 37.3. The van der Waals surface area contributed by atoms with Crippen molar-refractivity contribution in [2.75, 3.05) is 0 Å². The van der Waals surface area contributed by atoms with E-state index >= 15 is 0 Å². The van der Waals surface area contributed by atoms with E-state index in [0.717, 1.165) is 0 Å². The van der Waals surface area contributed by atoms with Gasteiger partial charge in [0.25, 0.3) is 0 Å². The second kappa shape index (κ2) is 7.83. The van der Waals surface area contributed by atoms with Gasteiger partial charge in [-0.2, -0.15) is 0 Å². The van der Waals surface area contributed by atoms with Crippen molar-refractivity contribution < 1.29 is 77.4 Å². The first-order valence-corrected chi connectivity index (χ1v) is 4.38. The van der Waals surface area contributed by atoms with Crippen LogP contribution in [0.25, 0.3) is 0 Å². The maximum absolute atomic E-state index is 9.32. The summed E-state index contributed by atoms with van der Waals surface area (Å²) in [6.45, 7) is 0. The van der Waals surface area contributed by atoms with Crippen molar-refractivity contribution in [2.45, 2.75) is 0 Å². The van der Waals surface area contributed by atoms with E-state index in [2.05, 4.69) is 4.31 Å². The molecular formula is H2O8P2Zn2. The number of hydrogen-bond donors (Lipinski definition) is 0. The molecule has 0 saturated heterocycles. The van der Waals surface area contributed by atoms with Crippen LogP contribution in [0.15, 0.2) is 0 Å². The molecule has 0 spiro atoms. The van der Waals surface area contributed by atoms with Gasteiger partial charge in [-0.25, -0.2) is 0 Å². The number of hydrogen-bond acceptors (Lipinski definition) is 7. The topological polar surface area (TPSA) is 167 Å². The van der Waals surface area contributed by atoms with Gasteiger partial charge in [0.15, 0.2) is 0 Å². The Labute approximate surface area is 93.0 Å². The van der Waals surface area contributed by atoms with Gasteiger partial charge in [-0.3, -0.25) is 0 Å². The van der Waals surface area contributed by atoms with Gasteiger partial charge in [-0.1, -0.05) is 0 Å². The van der Waals surface area contributed by atoms with Crippen molar-refractivity contribution in [2.24, 2.45) is 0 Å². The molecule has 0 aromatic carbocycles. The zero-order chi connectivity index (χ0) is 7.71. The molecule has 0 aliphatic carbocycles. The van der Waals surface area contributed by atoms with Crippen LogP contribution in [0.1, 0.15) is 0 Å². The van der Waals surface area contributed by atoms with Crippen LogP contribution in [-0.2, 0) is 52.4 Å². The maximum Gasteiger partial charge on any atom is 2.00 e. The first kappa shape index (κ1) is 23.4. The maximum atomic E-state index is 9.32. The van der Waals surface area contributed by atoms with Gasteiger partial charge in [0, 0.05) is 0 Å². The first-order chi connectivity index (χ1) is 3.71. The average molecular weight is 323 g/mol. The summed E-state index contributed by atoms with van der Waals surface area (Å²) in [7, 11) is -11.4. The number of phosphoric acid groups is 2. The van der Waals surface area contributed by atoms with Gasteiger partial charge in [-0.15, -0.1) is 0 Å².